The molecule has 1 aliphatic heterocycles. The molecule has 0 bridgehead atoms. The lowest BCUT2D eigenvalue weighted by Gasteiger charge is -2.39. The first-order valence-corrected chi connectivity index (χ1v) is 12.1. The van der Waals surface area contributed by atoms with E-state index < -0.39 is 0 Å². The SMILES string of the molecule is c1ccc(-n2cc(-c3ccc4ncc(-c5cccc(NC6CCC7(CNC7)C6)n5)n4n3)cn2)cc1. The Labute approximate surface area is 203 Å². The monoisotopic (exact) mass is 462 g/mol. The van der Waals surface area contributed by atoms with E-state index in [0.717, 1.165) is 52.9 Å². The number of nitrogens with zero attached hydrogens (tertiary/aromatic N) is 6. The van der Waals surface area contributed by atoms with E-state index in [4.69, 9.17) is 10.1 Å². The summed E-state index contributed by atoms with van der Waals surface area (Å²) in [4.78, 5) is 9.49. The maximum Gasteiger partial charge on any atom is 0.154 e. The molecule has 5 aromatic rings. The van der Waals surface area contributed by atoms with Gasteiger partial charge >= 0.3 is 0 Å². The topological polar surface area (TPSA) is 85.0 Å². The van der Waals surface area contributed by atoms with Gasteiger partial charge in [-0.05, 0) is 61.1 Å². The van der Waals surface area contributed by atoms with Gasteiger partial charge in [0.2, 0.25) is 0 Å². The van der Waals surface area contributed by atoms with E-state index in [9.17, 15) is 0 Å². The predicted octanol–water partition coefficient (Wildman–Crippen LogP) is 4.20. The van der Waals surface area contributed by atoms with E-state index in [1.807, 2.05) is 88.5 Å². The van der Waals surface area contributed by atoms with Crippen LogP contribution in [-0.2, 0) is 0 Å². The molecule has 35 heavy (non-hydrogen) atoms. The largest absolute Gasteiger partial charge is 0.367 e. The molecule has 0 radical (unpaired) electrons. The van der Waals surface area contributed by atoms with Crippen molar-refractivity contribution in [2.45, 2.75) is 25.3 Å². The highest BCUT2D eigenvalue weighted by Crippen LogP contribution is 2.42. The normalized spacial score (nSPS) is 18.7. The van der Waals surface area contributed by atoms with Gasteiger partial charge < -0.3 is 10.6 Å². The fraction of sp³-hybridized carbons (Fsp3) is 0.259. The molecule has 5 heterocycles. The van der Waals surface area contributed by atoms with Gasteiger partial charge in [-0.1, -0.05) is 24.3 Å². The molecule has 0 amide bonds. The molecule has 4 aromatic heterocycles. The molecule has 1 aliphatic carbocycles. The zero-order chi connectivity index (χ0) is 23.2. The van der Waals surface area contributed by atoms with Gasteiger partial charge in [0.1, 0.15) is 11.5 Å². The molecule has 7 rings (SSSR count). The molecule has 1 atom stereocenters. The second-order valence-corrected chi connectivity index (χ2v) is 9.74. The Morgan fingerprint density at radius 2 is 1.86 bits per heavy atom. The Morgan fingerprint density at radius 3 is 2.69 bits per heavy atom. The molecule has 1 saturated carbocycles. The molecule has 2 fully saturated rings. The summed E-state index contributed by atoms with van der Waals surface area (Å²) in [6.07, 6.45) is 9.38. The summed E-state index contributed by atoms with van der Waals surface area (Å²) in [6, 6.07) is 20.6. The van der Waals surface area contributed by atoms with Gasteiger partial charge in [-0.3, -0.25) is 0 Å². The second-order valence-electron chi connectivity index (χ2n) is 9.74. The summed E-state index contributed by atoms with van der Waals surface area (Å²) >= 11 is 0. The number of imidazole rings is 1. The second kappa shape index (κ2) is 8.02. The van der Waals surface area contributed by atoms with Crippen LogP contribution in [0, 0.1) is 5.41 Å². The van der Waals surface area contributed by atoms with Crippen molar-refractivity contribution in [3.05, 3.63) is 79.3 Å². The molecular weight excluding hydrogens is 436 g/mol. The minimum absolute atomic E-state index is 0.480. The van der Waals surface area contributed by atoms with Crippen LogP contribution in [0.4, 0.5) is 5.82 Å². The van der Waals surface area contributed by atoms with E-state index >= 15 is 0 Å². The predicted molar refractivity (Wildman–Crippen MR) is 135 cm³/mol. The number of para-hydroxylation sites is 1. The minimum atomic E-state index is 0.480. The van der Waals surface area contributed by atoms with Gasteiger partial charge in [-0.25, -0.2) is 19.2 Å². The Kier molecular flexibility index (Phi) is 4.66. The Morgan fingerprint density at radius 1 is 0.943 bits per heavy atom. The lowest BCUT2D eigenvalue weighted by molar-refractivity contribution is 0.176. The van der Waals surface area contributed by atoms with Crippen molar-refractivity contribution in [2.24, 2.45) is 5.41 Å². The minimum Gasteiger partial charge on any atom is -0.367 e. The first-order valence-electron chi connectivity index (χ1n) is 12.1. The molecule has 2 N–H and O–H groups in total. The summed E-state index contributed by atoms with van der Waals surface area (Å²) in [5, 5.41) is 16.5. The van der Waals surface area contributed by atoms with Crippen molar-refractivity contribution in [3.8, 4) is 28.3 Å². The van der Waals surface area contributed by atoms with Crippen LogP contribution < -0.4 is 10.6 Å². The van der Waals surface area contributed by atoms with Crippen LogP contribution in [0.3, 0.4) is 0 Å². The standard InChI is InChI=1S/C27H26N8/c1-2-5-21(6-3-1)34-16-19(14-30-34)22-9-10-26-29-15-24(35(26)33-22)23-7-4-8-25(32-23)31-20-11-12-27(13-20)17-28-18-27/h1-10,14-16,20,28H,11-13,17-18H2,(H,31,32). The van der Waals surface area contributed by atoms with Crippen molar-refractivity contribution in [1.29, 1.82) is 0 Å². The van der Waals surface area contributed by atoms with Crippen LogP contribution >= 0.6 is 0 Å². The number of hydrogen-bond donors (Lipinski definition) is 2. The molecular formula is C27H26N8. The summed E-state index contributed by atoms with van der Waals surface area (Å²) in [5.74, 6) is 0.909. The van der Waals surface area contributed by atoms with Crippen molar-refractivity contribution in [2.75, 3.05) is 18.4 Å². The summed E-state index contributed by atoms with van der Waals surface area (Å²) < 4.78 is 3.73. The third-order valence-corrected chi connectivity index (χ3v) is 7.33. The van der Waals surface area contributed by atoms with E-state index in [1.165, 1.54) is 19.3 Å². The van der Waals surface area contributed by atoms with Crippen LogP contribution in [-0.4, -0.2) is 48.5 Å². The zero-order valence-corrected chi connectivity index (χ0v) is 19.3. The van der Waals surface area contributed by atoms with Gasteiger partial charge in [0.05, 0.1) is 29.5 Å². The lowest BCUT2D eigenvalue weighted by atomic mass is 9.80. The Hall–Kier alpha value is -4.04. The number of fused-ring (bicyclic) bond motifs is 1. The molecule has 1 aromatic carbocycles. The zero-order valence-electron chi connectivity index (χ0n) is 19.3. The van der Waals surface area contributed by atoms with Crippen molar-refractivity contribution in [1.82, 2.24) is 34.7 Å². The van der Waals surface area contributed by atoms with Gasteiger partial charge in [-0.2, -0.15) is 10.2 Å². The molecule has 1 spiro atoms. The highest BCUT2D eigenvalue weighted by atomic mass is 15.3. The van der Waals surface area contributed by atoms with Gasteiger partial charge in [0.25, 0.3) is 0 Å². The van der Waals surface area contributed by atoms with Crippen molar-refractivity contribution < 1.29 is 0 Å². The number of benzene rings is 1. The van der Waals surface area contributed by atoms with Crippen LogP contribution in [0.1, 0.15) is 19.3 Å². The summed E-state index contributed by atoms with van der Waals surface area (Å²) in [5.41, 5.74) is 5.80. The average Bonchev–Trinajstić information content (AvgIpc) is 3.62. The van der Waals surface area contributed by atoms with Crippen LogP contribution in [0.15, 0.2) is 79.3 Å². The number of pyridine rings is 1. The smallest absolute Gasteiger partial charge is 0.154 e. The highest BCUT2D eigenvalue weighted by molar-refractivity contribution is 5.64. The van der Waals surface area contributed by atoms with E-state index in [2.05, 4.69) is 20.7 Å². The number of anilines is 1. The molecule has 2 aliphatic rings. The first-order chi connectivity index (χ1) is 17.2. The first kappa shape index (κ1) is 20.3. The number of hydrogen-bond acceptors (Lipinski definition) is 6. The van der Waals surface area contributed by atoms with Crippen LogP contribution in [0.5, 0.6) is 0 Å². The number of aromatic nitrogens is 6. The maximum absolute atomic E-state index is 4.92. The quantitative estimate of drug-likeness (QED) is 0.407. The summed E-state index contributed by atoms with van der Waals surface area (Å²) in [7, 11) is 0. The van der Waals surface area contributed by atoms with E-state index in [1.54, 1.807) is 0 Å². The Bertz CT molecular complexity index is 1500. The highest BCUT2D eigenvalue weighted by Gasteiger charge is 2.43. The van der Waals surface area contributed by atoms with Gasteiger partial charge in [-0.15, -0.1) is 0 Å². The maximum atomic E-state index is 4.92. The van der Waals surface area contributed by atoms with Gasteiger partial charge in [0.15, 0.2) is 5.65 Å². The van der Waals surface area contributed by atoms with Crippen molar-refractivity contribution >= 4 is 11.5 Å². The molecule has 174 valence electrons. The average molecular weight is 463 g/mol. The summed E-state index contributed by atoms with van der Waals surface area (Å²) in [6.45, 7) is 2.30. The molecule has 1 unspecified atom stereocenters. The third-order valence-electron chi connectivity index (χ3n) is 7.33. The van der Waals surface area contributed by atoms with E-state index in [-0.39, 0.29) is 0 Å². The molecule has 1 saturated heterocycles. The molecule has 8 nitrogen and oxygen atoms in total. The third kappa shape index (κ3) is 3.66. The van der Waals surface area contributed by atoms with Crippen molar-refractivity contribution in [3.63, 3.8) is 0 Å². The van der Waals surface area contributed by atoms with Crippen LogP contribution in [0.2, 0.25) is 0 Å². The van der Waals surface area contributed by atoms with E-state index in [0.29, 0.717) is 11.5 Å². The number of rotatable bonds is 5. The van der Waals surface area contributed by atoms with Crippen LogP contribution in [0.25, 0.3) is 34.0 Å². The fourth-order valence-electron chi connectivity index (χ4n) is 5.38. The number of nitrogens with one attached hydrogen (secondary N) is 2. The lowest BCUT2D eigenvalue weighted by Crippen LogP contribution is -2.52. The fourth-order valence-corrected chi connectivity index (χ4v) is 5.38. The van der Waals surface area contributed by atoms with Gasteiger partial charge in [0, 0.05) is 30.9 Å². The Balaban J connectivity index is 1.17. The molecule has 8 heteroatoms.